The van der Waals surface area contributed by atoms with Gasteiger partial charge in [-0.05, 0) is 55.2 Å². The molecule has 1 N–H and O–H groups in total. The average Bonchev–Trinajstić information content (AvgIpc) is 3.44. The number of fused-ring (bicyclic) bond motifs is 2. The SMILES string of the molecule is O=C(/C=C/c1ccc2c(c1)OCO2)Nc1c2c(nn1-c1ccccc1)CCC2. The van der Waals surface area contributed by atoms with E-state index in [1.54, 1.807) is 6.08 Å². The highest BCUT2D eigenvalue weighted by Crippen LogP contribution is 2.33. The molecule has 5 rings (SSSR count). The summed E-state index contributed by atoms with van der Waals surface area (Å²) in [6, 6.07) is 15.5. The van der Waals surface area contributed by atoms with Gasteiger partial charge in [0.15, 0.2) is 11.5 Å². The Balaban J connectivity index is 1.39. The zero-order valence-corrected chi connectivity index (χ0v) is 15.2. The van der Waals surface area contributed by atoms with Crippen molar-refractivity contribution in [3.63, 3.8) is 0 Å². The quantitative estimate of drug-likeness (QED) is 0.708. The second kappa shape index (κ2) is 6.88. The number of ether oxygens (including phenoxy) is 2. The number of hydrogen-bond acceptors (Lipinski definition) is 4. The van der Waals surface area contributed by atoms with Crippen LogP contribution >= 0.6 is 0 Å². The van der Waals surface area contributed by atoms with E-state index in [9.17, 15) is 4.79 Å². The number of nitrogens with zero attached hydrogens (tertiary/aromatic N) is 2. The first kappa shape index (κ1) is 16.6. The van der Waals surface area contributed by atoms with Crippen LogP contribution in [0.2, 0.25) is 0 Å². The minimum absolute atomic E-state index is 0.190. The van der Waals surface area contributed by atoms with Crippen LogP contribution in [-0.2, 0) is 17.6 Å². The maximum Gasteiger partial charge on any atom is 0.249 e. The third-order valence-electron chi connectivity index (χ3n) is 4.97. The molecule has 0 unspecified atom stereocenters. The van der Waals surface area contributed by atoms with Gasteiger partial charge in [0.25, 0.3) is 0 Å². The van der Waals surface area contributed by atoms with Gasteiger partial charge in [-0.15, -0.1) is 0 Å². The van der Waals surface area contributed by atoms with E-state index in [0.717, 1.165) is 53.3 Å². The molecule has 2 aliphatic rings. The number of aryl methyl sites for hydroxylation is 1. The molecule has 1 aliphatic heterocycles. The van der Waals surface area contributed by atoms with Gasteiger partial charge >= 0.3 is 0 Å². The van der Waals surface area contributed by atoms with E-state index in [-0.39, 0.29) is 12.7 Å². The van der Waals surface area contributed by atoms with Crippen LogP contribution in [0, 0.1) is 0 Å². The second-order valence-corrected chi connectivity index (χ2v) is 6.81. The topological polar surface area (TPSA) is 65.4 Å². The summed E-state index contributed by atoms with van der Waals surface area (Å²) in [6.07, 6.45) is 6.25. The summed E-state index contributed by atoms with van der Waals surface area (Å²) in [5.74, 6) is 2.00. The number of benzene rings is 2. The Morgan fingerprint density at radius 2 is 1.93 bits per heavy atom. The highest BCUT2D eigenvalue weighted by Gasteiger charge is 2.23. The molecule has 3 aromatic rings. The van der Waals surface area contributed by atoms with E-state index in [1.807, 2.05) is 53.2 Å². The van der Waals surface area contributed by atoms with E-state index in [2.05, 4.69) is 5.32 Å². The van der Waals surface area contributed by atoms with Crippen molar-refractivity contribution in [3.05, 3.63) is 71.4 Å². The number of amides is 1. The van der Waals surface area contributed by atoms with E-state index in [0.29, 0.717) is 5.75 Å². The average molecular weight is 373 g/mol. The summed E-state index contributed by atoms with van der Waals surface area (Å²) in [5, 5.41) is 7.75. The van der Waals surface area contributed by atoms with E-state index >= 15 is 0 Å². The van der Waals surface area contributed by atoms with Gasteiger partial charge in [0.1, 0.15) is 5.82 Å². The Morgan fingerprint density at radius 1 is 1.07 bits per heavy atom. The zero-order valence-electron chi connectivity index (χ0n) is 15.2. The largest absolute Gasteiger partial charge is 0.454 e. The van der Waals surface area contributed by atoms with Crippen molar-refractivity contribution < 1.29 is 14.3 Å². The predicted molar refractivity (Wildman–Crippen MR) is 106 cm³/mol. The summed E-state index contributed by atoms with van der Waals surface area (Å²) in [4.78, 5) is 12.6. The second-order valence-electron chi connectivity index (χ2n) is 6.81. The summed E-state index contributed by atoms with van der Waals surface area (Å²) in [5.41, 5.74) is 4.01. The number of hydrogen-bond donors (Lipinski definition) is 1. The maximum atomic E-state index is 12.6. The molecule has 1 aromatic heterocycles. The first-order valence-electron chi connectivity index (χ1n) is 9.33. The monoisotopic (exact) mass is 373 g/mol. The zero-order chi connectivity index (χ0) is 18.9. The van der Waals surface area contributed by atoms with Gasteiger partial charge < -0.3 is 14.8 Å². The Bertz CT molecular complexity index is 1070. The third-order valence-corrected chi connectivity index (χ3v) is 4.97. The lowest BCUT2D eigenvalue weighted by molar-refractivity contribution is -0.111. The van der Waals surface area contributed by atoms with Gasteiger partial charge in [-0.25, -0.2) is 4.68 Å². The molecule has 6 nitrogen and oxygen atoms in total. The predicted octanol–water partition coefficient (Wildman–Crippen LogP) is 3.74. The number of carbonyl (C=O) groups is 1. The van der Waals surface area contributed by atoms with Gasteiger partial charge in [0.2, 0.25) is 12.7 Å². The highest BCUT2D eigenvalue weighted by atomic mass is 16.7. The van der Waals surface area contributed by atoms with Gasteiger partial charge in [0, 0.05) is 11.6 Å². The third kappa shape index (κ3) is 3.03. The van der Waals surface area contributed by atoms with Crippen LogP contribution in [0.3, 0.4) is 0 Å². The molecule has 1 aliphatic carbocycles. The van der Waals surface area contributed by atoms with E-state index < -0.39 is 0 Å². The summed E-state index contributed by atoms with van der Waals surface area (Å²) in [7, 11) is 0. The van der Waals surface area contributed by atoms with Gasteiger partial charge in [-0.2, -0.15) is 5.10 Å². The van der Waals surface area contributed by atoms with Gasteiger partial charge in [-0.1, -0.05) is 24.3 Å². The normalized spacial score (nSPS) is 14.4. The summed E-state index contributed by atoms with van der Waals surface area (Å²) in [6.45, 7) is 0.234. The summed E-state index contributed by atoms with van der Waals surface area (Å²) >= 11 is 0. The molecule has 2 aromatic carbocycles. The highest BCUT2D eigenvalue weighted by molar-refractivity contribution is 6.02. The molecule has 0 saturated carbocycles. The molecular weight excluding hydrogens is 354 g/mol. The number of anilines is 1. The Hall–Kier alpha value is -3.54. The van der Waals surface area contributed by atoms with Crippen molar-refractivity contribution in [1.29, 1.82) is 0 Å². The van der Waals surface area contributed by atoms with Crippen molar-refractivity contribution in [2.24, 2.45) is 0 Å². The first-order chi connectivity index (χ1) is 13.8. The molecule has 6 heteroatoms. The molecule has 0 spiro atoms. The summed E-state index contributed by atoms with van der Waals surface area (Å²) < 4.78 is 12.5. The van der Waals surface area contributed by atoms with Crippen molar-refractivity contribution in [1.82, 2.24) is 9.78 Å². The number of nitrogens with one attached hydrogen (secondary N) is 1. The van der Waals surface area contributed by atoms with Gasteiger partial charge in [0.05, 0.1) is 11.4 Å². The molecular formula is C22H19N3O3. The molecule has 0 fully saturated rings. The van der Waals surface area contributed by atoms with Crippen LogP contribution < -0.4 is 14.8 Å². The van der Waals surface area contributed by atoms with Crippen molar-refractivity contribution in [3.8, 4) is 17.2 Å². The number of rotatable bonds is 4. The lowest BCUT2D eigenvalue weighted by Gasteiger charge is -2.09. The Labute approximate surface area is 162 Å². The molecule has 140 valence electrons. The van der Waals surface area contributed by atoms with Crippen LogP contribution in [0.25, 0.3) is 11.8 Å². The first-order valence-corrected chi connectivity index (χ1v) is 9.33. The fourth-order valence-corrected chi connectivity index (χ4v) is 3.62. The van der Waals surface area contributed by atoms with Crippen LogP contribution in [-0.4, -0.2) is 22.5 Å². The lowest BCUT2D eigenvalue weighted by atomic mass is 10.2. The Kier molecular flexibility index (Phi) is 4.09. The smallest absolute Gasteiger partial charge is 0.249 e. The van der Waals surface area contributed by atoms with Crippen LogP contribution in [0.15, 0.2) is 54.6 Å². The number of aromatic nitrogens is 2. The molecule has 0 saturated heterocycles. The van der Waals surface area contributed by atoms with Crippen molar-refractivity contribution in [2.45, 2.75) is 19.3 Å². The fourth-order valence-electron chi connectivity index (χ4n) is 3.62. The minimum Gasteiger partial charge on any atom is -0.454 e. The maximum absolute atomic E-state index is 12.6. The van der Waals surface area contributed by atoms with E-state index in [4.69, 9.17) is 14.6 Å². The molecule has 0 bridgehead atoms. The standard InChI is InChI=1S/C22H19N3O3/c26-21(12-10-15-9-11-19-20(13-15)28-14-27-19)23-22-17-7-4-8-18(17)24-25(22)16-5-2-1-3-6-16/h1-3,5-6,9-13H,4,7-8,14H2,(H,23,26)/b12-10+. The van der Waals surface area contributed by atoms with Crippen LogP contribution in [0.5, 0.6) is 11.5 Å². The van der Waals surface area contributed by atoms with E-state index in [1.165, 1.54) is 6.08 Å². The Morgan fingerprint density at radius 3 is 2.82 bits per heavy atom. The van der Waals surface area contributed by atoms with Crippen LogP contribution in [0.1, 0.15) is 23.2 Å². The van der Waals surface area contributed by atoms with Crippen molar-refractivity contribution >= 4 is 17.8 Å². The number of carbonyl (C=O) groups excluding carboxylic acids is 1. The fraction of sp³-hybridized carbons (Fsp3) is 0.182. The lowest BCUT2D eigenvalue weighted by Crippen LogP contribution is -2.13. The minimum atomic E-state index is -0.190. The molecule has 1 amide bonds. The molecule has 2 heterocycles. The molecule has 28 heavy (non-hydrogen) atoms. The van der Waals surface area contributed by atoms with Gasteiger partial charge in [-0.3, -0.25) is 4.79 Å². The van der Waals surface area contributed by atoms with Crippen LogP contribution in [0.4, 0.5) is 5.82 Å². The van der Waals surface area contributed by atoms with Crippen molar-refractivity contribution in [2.75, 3.05) is 12.1 Å². The molecule has 0 radical (unpaired) electrons. The molecule has 0 atom stereocenters. The number of para-hydroxylation sites is 1.